The van der Waals surface area contributed by atoms with Crippen molar-refractivity contribution in [1.82, 2.24) is 0 Å². The summed E-state index contributed by atoms with van der Waals surface area (Å²) < 4.78 is 10.3. The first-order valence-electron chi connectivity index (χ1n) is 6.37. The molecule has 0 saturated heterocycles. The van der Waals surface area contributed by atoms with Crippen molar-refractivity contribution < 1.29 is 14.0 Å². The van der Waals surface area contributed by atoms with Crippen LogP contribution >= 0.6 is 0 Å². The SMILES string of the molecule is CCCCCCCOC(=O)O[Si](C)(C)CC. The minimum absolute atomic E-state index is 0.478. The van der Waals surface area contributed by atoms with Crippen LogP contribution in [0.15, 0.2) is 0 Å². The molecule has 4 heteroatoms. The van der Waals surface area contributed by atoms with Crippen LogP contribution < -0.4 is 0 Å². The van der Waals surface area contributed by atoms with Gasteiger partial charge in [-0.15, -0.1) is 0 Å². The van der Waals surface area contributed by atoms with E-state index < -0.39 is 14.5 Å². The first kappa shape index (κ1) is 15.5. The van der Waals surface area contributed by atoms with E-state index >= 15 is 0 Å². The Morgan fingerprint density at radius 1 is 1.06 bits per heavy atom. The van der Waals surface area contributed by atoms with Crippen LogP contribution in [0.25, 0.3) is 0 Å². The third-order valence-corrected chi connectivity index (χ3v) is 5.10. The highest BCUT2D eigenvalue weighted by atomic mass is 28.4. The lowest BCUT2D eigenvalue weighted by Crippen LogP contribution is -2.32. The molecule has 0 aliphatic heterocycles. The molecule has 0 spiro atoms. The van der Waals surface area contributed by atoms with E-state index in [1.165, 1.54) is 19.3 Å². The van der Waals surface area contributed by atoms with Gasteiger partial charge in [0.2, 0.25) is 0 Å². The molecule has 16 heavy (non-hydrogen) atoms. The summed E-state index contributed by atoms with van der Waals surface area (Å²) in [5, 5.41) is 0. The van der Waals surface area contributed by atoms with Gasteiger partial charge in [0, 0.05) is 0 Å². The predicted octanol–water partition coefficient (Wildman–Crippen LogP) is 4.34. The lowest BCUT2D eigenvalue weighted by molar-refractivity contribution is 0.0948. The lowest BCUT2D eigenvalue weighted by atomic mass is 10.2. The van der Waals surface area contributed by atoms with Gasteiger partial charge in [-0.3, -0.25) is 0 Å². The molecule has 0 atom stereocenters. The quantitative estimate of drug-likeness (QED) is 0.363. The van der Waals surface area contributed by atoms with Crippen molar-refractivity contribution in [3.8, 4) is 0 Å². The third-order valence-electron chi connectivity index (χ3n) is 2.68. The fourth-order valence-electron chi connectivity index (χ4n) is 1.19. The Bertz CT molecular complexity index is 193. The lowest BCUT2D eigenvalue weighted by Gasteiger charge is -2.19. The van der Waals surface area contributed by atoms with E-state index in [2.05, 4.69) is 6.92 Å². The van der Waals surface area contributed by atoms with Crippen molar-refractivity contribution in [2.45, 2.75) is 65.1 Å². The minimum atomic E-state index is -1.80. The zero-order valence-electron chi connectivity index (χ0n) is 11.2. The van der Waals surface area contributed by atoms with Crippen LogP contribution in [0, 0.1) is 0 Å². The summed E-state index contributed by atoms with van der Waals surface area (Å²) in [7, 11) is -1.80. The molecule has 0 aliphatic rings. The molecule has 0 aromatic rings. The summed E-state index contributed by atoms with van der Waals surface area (Å²) in [6.07, 6.45) is 5.33. The first-order chi connectivity index (χ1) is 7.52. The van der Waals surface area contributed by atoms with Gasteiger partial charge in [0.15, 0.2) is 0 Å². The van der Waals surface area contributed by atoms with Crippen LogP contribution in [0.2, 0.25) is 19.1 Å². The Balaban J connectivity index is 3.44. The van der Waals surface area contributed by atoms with Crippen molar-refractivity contribution in [3.05, 3.63) is 0 Å². The minimum Gasteiger partial charge on any atom is -0.489 e. The highest BCUT2D eigenvalue weighted by molar-refractivity contribution is 6.72. The zero-order chi connectivity index (χ0) is 12.4. The van der Waals surface area contributed by atoms with Gasteiger partial charge in [-0.2, -0.15) is 0 Å². The van der Waals surface area contributed by atoms with E-state index in [1.807, 2.05) is 20.0 Å². The number of ether oxygens (including phenoxy) is 1. The molecule has 0 aromatic heterocycles. The molecule has 3 nitrogen and oxygen atoms in total. The van der Waals surface area contributed by atoms with Crippen LogP contribution in [-0.2, 0) is 9.16 Å². The van der Waals surface area contributed by atoms with Gasteiger partial charge in [0.05, 0.1) is 6.61 Å². The summed E-state index contributed by atoms with van der Waals surface area (Å²) in [6.45, 7) is 8.78. The molecule has 0 bridgehead atoms. The highest BCUT2D eigenvalue weighted by Gasteiger charge is 2.25. The average Bonchev–Trinajstić information content (AvgIpc) is 2.22. The summed E-state index contributed by atoms with van der Waals surface area (Å²) in [5.74, 6) is 0. The van der Waals surface area contributed by atoms with Gasteiger partial charge in [0.25, 0.3) is 8.32 Å². The van der Waals surface area contributed by atoms with Crippen molar-refractivity contribution in [3.63, 3.8) is 0 Å². The largest absolute Gasteiger partial charge is 0.494 e. The van der Waals surface area contributed by atoms with Crippen molar-refractivity contribution in [2.75, 3.05) is 6.61 Å². The molecular weight excluding hydrogens is 220 g/mol. The van der Waals surface area contributed by atoms with Gasteiger partial charge in [-0.05, 0) is 25.6 Å². The number of carbonyl (C=O) groups excluding carboxylic acids is 1. The van der Waals surface area contributed by atoms with Crippen molar-refractivity contribution in [1.29, 1.82) is 0 Å². The Kier molecular flexibility index (Phi) is 8.34. The van der Waals surface area contributed by atoms with Crippen LogP contribution in [0.3, 0.4) is 0 Å². The second kappa shape index (κ2) is 8.62. The number of hydrogen-bond acceptors (Lipinski definition) is 3. The molecule has 0 rings (SSSR count). The van der Waals surface area contributed by atoms with E-state index in [9.17, 15) is 4.79 Å². The third kappa shape index (κ3) is 8.77. The molecule has 96 valence electrons. The summed E-state index contributed by atoms with van der Waals surface area (Å²) in [6, 6.07) is 0.929. The monoisotopic (exact) mass is 246 g/mol. The summed E-state index contributed by atoms with van der Waals surface area (Å²) in [5.41, 5.74) is 0. The van der Waals surface area contributed by atoms with Crippen LogP contribution in [0.5, 0.6) is 0 Å². The second-order valence-electron chi connectivity index (χ2n) is 4.73. The molecular formula is C12H26O3Si. The summed E-state index contributed by atoms with van der Waals surface area (Å²) in [4.78, 5) is 11.3. The van der Waals surface area contributed by atoms with Crippen LogP contribution in [0.4, 0.5) is 4.79 Å². The predicted molar refractivity (Wildman–Crippen MR) is 69.2 cm³/mol. The number of hydrogen-bond donors (Lipinski definition) is 0. The molecule has 0 heterocycles. The van der Waals surface area contributed by atoms with Gasteiger partial charge in [-0.1, -0.05) is 39.5 Å². The molecule has 0 fully saturated rings. The molecule has 0 radical (unpaired) electrons. The average molecular weight is 246 g/mol. The first-order valence-corrected chi connectivity index (χ1v) is 9.49. The maximum Gasteiger partial charge on any atom is 0.494 e. The Hall–Kier alpha value is -0.513. The zero-order valence-corrected chi connectivity index (χ0v) is 12.2. The molecule has 0 saturated carbocycles. The Morgan fingerprint density at radius 2 is 1.69 bits per heavy atom. The fraction of sp³-hybridized carbons (Fsp3) is 0.917. The normalized spacial score (nSPS) is 11.2. The molecule has 0 N–H and O–H groups in total. The van der Waals surface area contributed by atoms with E-state index in [1.54, 1.807) is 0 Å². The van der Waals surface area contributed by atoms with E-state index in [-0.39, 0.29) is 0 Å². The Labute approximate surface area is 101 Å². The highest BCUT2D eigenvalue weighted by Crippen LogP contribution is 2.11. The standard InChI is InChI=1S/C12H26O3Si/c1-5-7-8-9-10-11-14-12(13)15-16(3,4)6-2/h5-11H2,1-4H3. The van der Waals surface area contributed by atoms with Crippen molar-refractivity contribution in [2.24, 2.45) is 0 Å². The number of carbonyl (C=O) groups is 1. The van der Waals surface area contributed by atoms with Gasteiger partial charge >= 0.3 is 6.16 Å². The topological polar surface area (TPSA) is 35.5 Å². The van der Waals surface area contributed by atoms with E-state index in [0.29, 0.717) is 6.61 Å². The summed E-state index contributed by atoms with van der Waals surface area (Å²) >= 11 is 0. The molecule has 0 aromatic carbocycles. The molecule has 0 aliphatic carbocycles. The number of rotatable bonds is 8. The Morgan fingerprint density at radius 3 is 2.25 bits per heavy atom. The van der Waals surface area contributed by atoms with Crippen LogP contribution in [-0.4, -0.2) is 21.1 Å². The van der Waals surface area contributed by atoms with Gasteiger partial charge < -0.3 is 9.16 Å². The molecule has 0 amide bonds. The maximum absolute atomic E-state index is 11.3. The number of unbranched alkanes of at least 4 members (excludes halogenated alkanes) is 4. The van der Waals surface area contributed by atoms with Crippen molar-refractivity contribution >= 4 is 14.5 Å². The van der Waals surface area contributed by atoms with E-state index in [0.717, 1.165) is 18.9 Å². The van der Waals surface area contributed by atoms with E-state index in [4.69, 9.17) is 9.16 Å². The van der Waals surface area contributed by atoms with Gasteiger partial charge in [-0.25, -0.2) is 4.79 Å². The smallest absolute Gasteiger partial charge is 0.489 e. The van der Waals surface area contributed by atoms with Gasteiger partial charge in [0.1, 0.15) is 0 Å². The fourth-order valence-corrected chi connectivity index (χ4v) is 1.84. The maximum atomic E-state index is 11.3. The molecule has 0 unspecified atom stereocenters. The second-order valence-corrected chi connectivity index (χ2v) is 9.16. The van der Waals surface area contributed by atoms with Crippen LogP contribution in [0.1, 0.15) is 46.0 Å².